The van der Waals surface area contributed by atoms with Gasteiger partial charge in [0.15, 0.2) is 0 Å². The first-order valence-corrected chi connectivity index (χ1v) is 8.79. The molecule has 1 aromatic carbocycles. The number of carbonyl (C=O) groups excluding carboxylic acids is 1. The van der Waals surface area contributed by atoms with Crippen LogP contribution in [0.15, 0.2) is 29.2 Å². The van der Waals surface area contributed by atoms with Gasteiger partial charge in [-0.2, -0.15) is 17.9 Å². The number of alkyl halides is 3. The summed E-state index contributed by atoms with van der Waals surface area (Å²) in [6.45, 7) is 3.50. The SMILES string of the molecule is CC(NS(=O)(=O)c1cccc(C(F)(F)F)c1)C(=O)N1CCNCC1.Cl. The van der Waals surface area contributed by atoms with Crippen LogP contribution in [0.4, 0.5) is 13.2 Å². The molecule has 0 aliphatic carbocycles. The predicted octanol–water partition coefficient (Wildman–Crippen LogP) is 1.23. The minimum absolute atomic E-state index is 0. The Hall–Kier alpha value is -1.36. The molecule has 1 amide bonds. The Kier molecular flexibility index (Phi) is 7.24. The molecule has 1 fully saturated rings. The second-order valence-electron chi connectivity index (χ2n) is 5.44. The fraction of sp³-hybridized carbons (Fsp3) is 0.500. The number of amides is 1. The van der Waals surface area contributed by atoms with E-state index in [1.54, 1.807) is 0 Å². The maximum Gasteiger partial charge on any atom is 0.416 e. The van der Waals surface area contributed by atoms with Crippen LogP contribution in [0.3, 0.4) is 0 Å². The predicted molar refractivity (Wildman–Crippen MR) is 87.9 cm³/mol. The van der Waals surface area contributed by atoms with Crippen LogP contribution in [-0.4, -0.2) is 51.4 Å². The van der Waals surface area contributed by atoms with Gasteiger partial charge in [-0.05, 0) is 25.1 Å². The van der Waals surface area contributed by atoms with Gasteiger partial charge in [-0.1, -0.05) is 6.07 Å². The first-order valence-electron chi connectivity index (χ1n) is 7.30. The quantitative estimate of drug-likeness (QED) is 0.795. The van der Waals surface area contributed by atoms with E-state index in [9.17, 15) is 26.4 Å². The summed E-state index contributed by atoms with van der Waals surface area (Å²) >= 11 is 0. The highest BCUT2D eigenvalue weighted by Crippen LogP contribution is 2.30. The van der Waals surface area contributed by atoms with Crippen molar-refractivity contribution in [3.63, 3.8) is 0 Å². The highest BCUT2D eigenvalue weighted by molar-refractivity contribution is 7.89. The van der Waals surface area contributed by atoms with Crippen molar-refractivity contribution in [3.05, 3.63) is 29.8 Å². The topological polar surface area (TPSA) is 78.5 Å². The van der Waals surface area contributed by atoms with Gasteiger partial charge in [0, 0.05) is 26.2 Å². The number of hydrogen-bond acceptors (Lipinski definition) is 4. The molecular weight excluding hydrogens is 383 g/mol. The van der Waals surface area contributed by atoms with Crippen molar-refractivity contribution in [1.82, 2.24) is 14.9 Å². The molecule has 0 spiro atoms. The molecule has 2 rings (SSSR count). The zero-order chi connectivity index (χ0) is 18.0. The number of piperazine rings is 1. The van der Waals surface area contributed by atoms with Crippen LogP contribution in [0.1, 0.15) is 12.5 Å². The average Bonchev–Trinajstić information content (AvgIpc) is 2.54. The Morgan fingerprint density at radius 2 is 1.88 bits per heavy atom. The second-order valence-corrected chi connectivity index (χ2v) is 7.16. The molecular formula is C14H19ClF3N3O3S. The number of benzene rings is 1. The van der Waals surface area contributed by atoms with Crippen molar-refractivity contribution in [2.45, 2.75) is 24.0 Å². The van der Waals surface area contributed by atoms with Gasteiger partial charge < -0.3 is 10.2 Å². The molecule has 1 aliphatic heterocycles. The molecule has 142 valence electrons. The van der Waals surface area contributed by atoms with E-state index in [0.717, 1.165) is 18.2 Å². The second kappa shape index (κ2) is 8.35. The third kappa shape index (κ3) is 5.56. The van der Waals surface area contributed by atoms with Crippen LogP contribution in [-0.2, 0) is 21.0 Å². The minimum Gasteiger partial charge on any atom is -0.339 e. The number of nitrogens with one attached hydrogen (secondary N) is 2. The molecule has 1 heterocycles. The molecule has 0 aromatic heterocycles. The lowest BCUT2D eigenvalue weighted by molar-refractivity contribution is -0.137. The Morgan fingerprint density at radius 3 is 2.44 bits per heavy atom. The Labute approximate surface area is 150 Å². The van der Waals surface area contributed by atoms with E-state index in [2.05, 4.69) is 10.0 Å². The number of halogens is 4. The lowest BCUT2D eigenvalue weighted by Crippen LogP contribution is -2.53. The van der Waals surface area contributed by atoms with Crippen molar-refractivity contribution < 1.29 is 26.4 Å². The smallest absolute Gasteiger partial charge is 0.339 e. The summed E-state index contributed by atoms with van der Waals surface area (Å²) in [5.41, 5.74) is -1.06. The van der Waals surface area contributed by atoms with Crippen LogP contribution in [0.2, 0.25) is 0 Å². The number of carbonyl (C=O) groups is 1. The summed E-state index contributed by atoms with van der Waals surface area (Å²) in [6, 6.07) is 2.33. The normalized spacial score (nSPS) is 16.9. The van der Waals surface area contributed by atoms with Gasteiger partial charge in [-0.3, -0.25) is 4.79 Å². The molecule has 1 aromatic rings. The first kappa shape index (κ1) is 21.7. The van der Waals surface area contributed by atoms with Crippen LogP contribution in [0.25, 0.3) is 0 Å². The van der Waals surface area contributed by atoms with Crippen LogP contribution >= 0.6 is 12.4 Å². The van der Waals surface area contributed by atoms with Crippen molar-refractivity contribution in [2.24, 2.45) is 0 Å². The highest BCUT2D eigenvalue weighted by Gasteiger charge is 2.32. The van der Waals surface area contributed by atoms with E-state index >= 15 is 0 Å². The third-order valence-corrected chi connectivity index (χ3v) is 5.14. The Morgan fingerprint density at radius 1 is 1.28 bits per heavy atom. The maximum absolute atomic E-state index is 12.7. The van der Waals surface area contributed by atoms with Gasteiger partial charge in [-0.15, -0.1) is 12.4 Å². The molecule has 2 N–H and O–H groups in total. The van der Waals surface area contributed by atoms with E-state index in [1.807, 2.05) is 0 Å². The van der Waals surface area contributed by atoms with Gasteiger partial charge in [0.25, 0.3) is 0 Å². The van der Waals surface area contributed by atoms with Gasteiger partial charge in [0.1, 0.15) is 0 Å². The number of rotatable bonds is 4. The number of sulfonamides is 1. The van der Waals surface area contributed by atoms with Crippen molar-refractivity contribution in [3.8, 4) is 0 Å². The fourth-order valence-electron chi connectivity index (χ4n) is 2.35. The monoisotopic (exact) mass is 401 g/mol. The average molecular weight is 402 g/mol. The summed E-state index contributed by atoms with van der Waals surface area (Å²) in [6.07, 6.45) is -4.65. The lowest BCUT2D eigenvalue weighted by Gasteiger charge is -2.29. The van der Waals surface area contributed by atoms with E-state index in [1.165, 1.54) is 11.8 Å². The Bertz CT molecular complexity index is 707. The summed E-state index contributed by atoms with van der Waals surface area (Å²) in [4.78, 5) is 13.2. The molecule has 1 atom stereocenters. The van der Waals surface area contributed by atoms with Gasteiger partial charge in [0.2, 0.25) is 15.9 Å². The minimum atomic E-state index is -4.65. The largest absolute Gasteiger partial charge is 0.416 e. The molecule has 1 unspecified atom stereocenters. The summed E-state index contributed by atoms with van der Waals surface area (Å²) in [5, 5.41) is 3.06. The first-order chi connectivity index (χ1) is 11.1. The highest BCUT2D eigenvalue weighted by atomic mass is 35.5. The zero-order valence-corrected chi connectivity index (χ0v) is 15.0. The maximum atomic E-state index is 12.7. The van der Waals surface area contributed by atoms with E-state index in [-0.39, 0.29) is 12.4 Å². The molecule has 25 heavy (non-hydrogen) atoms. The standard InChI is InChI=1S/C14H18F3N3O3S.ClH/c1-10(13(21)20-7-5-18-6-8-20)19-24(22,23)12-4-2-3-11(9-12)14(15,16)17;/h2-4,9-10,18-19H,5-8H2,1H3;1H. The van der Waals surface area contributed by atoms with Crippen molar-refractivity contribution in [2.75, 3.05) is 26.2 Å². The zero-order valence-electron chi connectivity index (χ0n) is 13.3. The molecule has 0 saturated carbocycles. The molecule has 0 radical (unpaired) electrons. The van der Waals surface area contributed by atoms with E-state index in [0.29, 0.717) is 32.2 Å². The summed E-state index contributed by atoms with van der Waals surface area (Å²) < 4.78 is 64.8. The Balaban J connectivity index is 0.00000312. The summed E-state index contributed by atoms with van der Waals surface area (Å²) in [7, 11) is -4.24. The molecule has 1 saturated heterocycles. The van der Waals surface area contributed by atoms with Gasteiger partial charge in [0.05, 0.1) is 16.5 Å². The fourth-order valence-corrected chi connectivity index (χ4v) is 3.59. The lowest BCUT2D eigenvalue weighted by atomic mass is 10.2. The van der Waals surface area contributed by atoms with E-state index in [4.69, 9.17) is 0 Å². The molecule has 11 heteroatoms. The van der Waals surface area contributed by atoms with Crippen LogP contribution < -0.4 is 10.0 Å². The van der Waals surface area contributed by atoms with E-state index < -0.39 is 38.6 Å². The van der Waals surface area contributed by atoms with Gasteiger partial charge in [-0.25, -0.2) is 8.42 Å². The van der Waals surface area contributed by atoms with Crippen molar-refractivity contribution in [1.29, 1.82) is 0 Å². The van der Waals surface area contributed by atoms with Crippen LogP contribution in [0.5, 0.6) is 0 Å². The van der Waals surface area contributed by atoms with Crippen molar-refractivity contribution >= 4 is 28.3 Å². The number of nitrogens with zero attached hydrogens (tertiary/aromatic N) is 1. The molecule has 6 nitrogen and oxygen atoms in total. The molecule has 0 bridgehead atoms. The third-order valence-electron chi connectivity index (χ3n) is 3.60. The van der Waals surface area contributed by atoms with Gasteiger partial charge >= 0.3 is 6.18 Å². The summed E-state index contributed by atoms with van der Waals surface area (Å²) in [5.74, 6) is -0.410. The molecule has 1 aliphatic rings. The van der Waals surface area contributed by atoms with Crippen LogP contribution in [0, 0.1) is 0 Å². The number of hydrogen-bond donors (Lipinski definition) is 2.